The first-order chi connectivity index (χ1) is 12.4. The largest absolute Gasteiger partial charge is 0.336 e. The molecule has 0 spiro atoms. The van der Waals surface area contributed by atoms with E-state index in [1.54, 1.807) is 30.2 Å². The molecule has 1 aromatic heterocycles. The predicted octanol–water partition coefficient (Wildman–Crippen LogP) is 0.505. The minimum absolute atomic E-state index is 0.0916. The monoisotopic (exact) mass is 377 g/mol. The van der Waals surface area contributed by atoms with E-state index < -0.39 is 10.0 Å². The Balaban J connectivity index is 1.91. The number of nitrogens with one attached hydrogen (secondary N) is 2. The van der Waals surface area contributed by atoms with Crippen molar-refractivity contribution >= 4 is 15.9 Å². The topological polar surface area (TPSA) is 96.3 Å². The van der Waals surface area contributed by atoms with Crippen LogP contribution in [0.4, 0.5) is 0 Å². The van der Waals surface area contributed by atoms with Crippen LogP contribution in [0.15, 0.2) is 41.6 Å². The van der Waals surface area contributed by atoms with Crippen LogP contribution in [0.25, 0.3) is 0 Å². The van der Waals surface area contributed by atoms with E-state index in [4.69, 9.17) is 0 Å². The van der Waals surface area contributed by atoms with Gasteiger partial charge in [-0.2, -0.15) is 0 Å². The van der Waals surface area contributed by atoms with Crippen LogP contribution in [0.5, 0.6) is 0 Å². The lowest BCUT2D eigenvalue weighted by molar-refractivity contribution is 0.0620. The first kappa shape index (κ1) is 18.6. The Labute approximate surface area is 153 Å². The zero-order valence-corrected chi connectivity index (χ0v) is 15.7. The first-order valence-corrected chi connectivity index (χ1v) is 10.0. The molecule has 2 aromatic rings. The first-order valence-electron chi connectivity index (χ1n) is 8.52. The number of sulfonamides is 1. The number of imidazole rings is 1. The maximum Gasteiger partial charge on any atom is 0.254 e. The number of carbonyl (C=O) groups is 1. The standard InChI is InChI=1S/C17H23N5O3S/c1-3-20-26(24,25)14-6-4-5-13(11-14)17(23)22-10-7-18-12-15(22)16-19-8-9-21(16)2/h4-6,8-9,11,15,18,20H,3,7,10,12H2,1-2H3. The van der Waals surface area contributed by atoms with Crippen molar-refractivity contribution in [2.24, 2.45) is 7.05 Å². The van der Waals surface area contributed by atoms with Crippen molar-refractivity contribution in [1.82, 2.24) is 24.5 Å². The van der Waals surface area contributed by atoms with Crippen molar-refractivity contribution in [3.8, 4) is 0 Å². The summed E-state index contributed by atoms with van der Waals surface area (Å²) in [6.45, 7) is 3.82. The molecule has 1 fully saturated rings. The summed E-state index contributed by atoms with van der Waals surface area (Å²) in [4.78, 5) is 19.3. The average molecular weight is 377 g/mol. The van der Waals surface area contributed by atoms with Crippen LogP contribution < -0.4 is 10.0 Å². The SMILES string of the molecule is CCNS(=O)(=O)c1cccc(C(=O)N2CCNCC2c2nccn2C)c1. The van der Waals surface area contributed by atoms with Crippen LogP contribution in [-0.4, -0.2) is 55.0 Å². The Kier molecular flexibility index (Phi) is 5.40. The third-order valence-electron chi connectivity index (χ3n) is 4.39. The van der Waals surface area contributed by atoms with Crippen molar-refractivity contribution < 1.29 is 13.2 Å². The minimum atomic E-state index is -3.61. The Morgan fingerprint density at radius 3 is 2.92 bits per heavy atom. The number of benzene rings is 1. The van der Waals surface area contributed by atoms with Crippen LogP contribution >= 0.6 is 0 Å². The fraction of sp³-hybridized carbons (Fsp3) is 0.412. The number of amides is 1. The summed E-state index contributed by atoms with van der Waals surface area (Å²) in [7, 11) is -1.72. The number of rotatable bonds is 5. The van der Waals surface area contributed by atoms with Gasteiger partial charge in [-0.05, 0) is 18.2 Å². The summed E-state index contributed by atoms with van der Waals surface area (Å²) in [6, 6.07) is 5.95. The van der Waals surface area contributed by atoms with Gasteiger partial charge in [-0.25, -0.2) is 18.1 Å². The van der Waals surface area contributed by atoms with Gasteiger partial charge in [0, 0.05) is 51.2 Å². The molecule has 140 valence electrons. The van der Waals surface area contributed by atoms with Gasteiger partial charge in [-0.1, -0.05) is 13.0 Å². The molecule has 2 heterocycles. The summed E-state index contributed by atoms with van der Waals surface area (Å²) < 4.78 is 28.8. The number of aryl methyl sites for hydroxylation is 1. The van der Waals surface area contributed by atoms with Crippen molar-refractivity contribution in [3.05, 3.63) is 48.0 Å². The van der Waals surface area contributed by atoms with E-state index in [1.807, 2.05) is 17.8 Å². The second kappa shape index (κ2) is 7.56. The highest BCUT2D eigenvalue weighted by atomic mass is 32.2. The molecule has 2 N–H and O–H groups in total. The van der Waals surface area contributed by atoms with E-state index in [-0.39, 0.29) is 16.8 Å². The second-order valence-corrected chi connectivity index (χ2v) is 7.91. The highest BCUT2D eigenvalue weighted by Crippen LogP contribution is 2.23. The van der Waals surface area contributed by atoms with Gasteiger partial charge in [0.15, 0.2) is 0 Å². The Bertz CT molecular complexity index is 893. The van der Waals surface area contributed by atoms with Gasteiger partial charge >= 0.3 is 0 Å². The maximum atomic E-state index is 13.1. The molecule has 1 saturated heterocycles. The van der Waals surface area contributed by atoms with E-state index in [1.165, 1.54) is 12.1 Å². The van der Waals surface area contributed by atoms with Crippen LogP contribution in [0, 0.1) is 0 Å². The molecule has 1 atom stereocenters. The van der Waals surface area contributed by atoms with Gasteiger partial charge in [0.05, 0.1) is 4.90 Å². The third-order valence-corrected chi connectivity index (χ3v) is 5.93. The molecule has 1 aliphatic rings. The quantitative estimate of drug-likeness (QED) is 0.791. The predicted molar refractivity (Wildman–Crippen MR) is 97.2 cm³/mol. The molecule has 1 amide bonds. The molecule has 1 unspecified atom stereocenters. The molecule has 1 aromatic carbocycles. The summed E-state index contributed by atoms with van der Waals surface area (Å²) in [5, 5.41) is 3.29. The molecule has 1 aliphatic heterocycles. The highest BCUT2D eigenvalue weighted by Gasteiger charge is 2.31. The Hall–Kier alpha value is -2.23. The number of carbonyl (C=O) groups excluding carboxylic acids is 1. The molecule has 3 rings (SSSR count). The van der Waals surface area contributed by atoms with Crippen LogP contribution in [0.3, 0.4) is 0 Å². The summed E-state index contributed by atoms with van der Waals surface area (Å²) >= 11 is 0. The van der Waals surface area contributed by atoms with E-state index >= 15 is 0 Å². The van der Waals surface area contributed by atoms with Gasteiger partial charge in [-0.3, -0.25) is 4.79 Å². The van der Waals surface area contributed by atoms with Gasteiger partial charge in [0.1, 0.15) is 11.9 Å². The van der Waals surface area contributed by atoms with Crippen molar-refractivity contribution in [2.75, 3.05) is 26.2 Å². The molecule has 26 heavy (non-hydrogen) atoms. The molecule has 0 bridgehead atoms. The molecular weight excluding hydrogens is 354 g/mol. The zero-order valence-electron chi connectivity index (χ0n) is 14.8. The van der Waals surface area contributed by atoms with Crippen molar-refractivity contribution in [1.29, 1.82) is 0 Å². The van der Waals surface area contributed by atoms with Crippen molar-refractivity contribution in [3.63, 3.8) is 0 Å². The molecule has 9 heteroatoms. The second-order valence-electron chi connectivity index (χ2n) is 6.14. The Morgan fingerprint density at radius 2 is 2.23 bits per heavy atom. The molecule has 8 nitrogen and oxygen atoms in total. The minimum Gasteiger partial charge on any atom is -0.336 e. The van der Waals surface area contributed by atoms with E-state index in [0.717, 1.165) is 5.82 Å². The smallest absolute Gasteiger partial charge is 0.254 e. The number of piperazine rings is 1. The lowest BCUT2D eigenvalue weighted by Crippen LogP contribution is -2.49. The van der Waals surface area contributed by atoms with Crippen LogP contribution in [0.1, 0.15) is 29.1 Å². The number of hydrogen-bond acceptors (Lipinski definition) is 5. The fourth-order valence-electron chi connectivity index (χ4n) is 3.11. The molecule has 0 saturated carbocycles. The fourth-order valence-corrected chi connectivity index (χ4v) is 4.20. The average Bonchev–Trinajstić information content (AvgIpc) is 3.07. The van der Waals surface area contributed by atoms with Crippen molar-refractivity contribution in [2.45, 2.75) is 17.9 Å². The number of aromatic nitrogens is 2. The van der Waals surface area contributed by atoms with Gasteiger partial charge in [-0.15, -0.1) is 0 Å². The molecule has 0 aliphatic carbocycles. The van der Waals surface area contributed by atoms with Gasteiger partial charge in [0.25, 0.3) is 5.91 Å². The Morgan fingerprint density at radius 1 is 1.42 bits per heavy atom. The zero-order chi connectivity index (χ0) is 18.7. The molecule has 0 radical (unpaired) electrons. The summed E-state index contributed by atoms with van der Waals surface area (Å²) in [6.07, 6.45) is 3.55. The summed E-state index contributed by atoms with van der Waals surface area (Å²) in [5.74, 6) is 0.593. The van der Waals surface area contributed by atoms with E-state index in [9.17, 15) is 13.2 Å². The number of nitrogens with zero attached hydrogens (tertiary/aromatic N) is 3. The lowest BCUT2D eigenvalue weighted by atomic mass is 10.1. The third kappa shape index (κ3) is 3.64. The lowest BCUT2D eigenvalue weighted by Gasteiger charge is -2.35. The summed E-state index contributed by atoms with van der Waals surface area (Å²) in [5.41, 5.74) is 0.352. The van der Waals surface area contributed by atoms with E-state index in [0.29, 0.717) is 31.7 Å². The van der Waals surface area contributed by atoms with Gasteiger partial charge < -0.3 is 14.8 Å². The van der Waals surface area contributed by atoms with Gasteiger partial charge in [0.2, 0.25) is 10.0 Å². The highest BCUT2D eigenvalue weighted by molar-refractivity contribution is 7.89. The van der Waals surface area contributed by atoms with E-state index in [2.05, 4.69) is 15.0 Å². The number of hydrogen-bond donors (Lipinski definition) is 2. The van der Waals surface area contributed by atoms with Crippen LogP contribution in [-0.2, 0) is 17.1 Å². The van der Waals surface area contributed by atoms with Crippen LogP contribution in [0.2, 0.25) is 0 Å². The molecular formula is C17H23N5O3S. The maximum absolute atomic E-state index is 13.1. The normalized spacial score (nSPS) is 18.1.